The van der Waals surface area contributed by atoms with E-state index in [1.807, 2.05) is 18.2 Å². The molecule has 6 atom stereocenters. The number of ether oxygens (including phenoxy) is 3. The second-order valence-corrected chi connectivity index (χ2v) is 9.87. The van der Waals surface area contributed by atoms with Gasteiger partial charge in [-0.15, -0.1) is 0 Å². The van der Waals surface area contributed by atoms with Crippen molar-refractivity contribution < 1.29 is 29.2 Å². The van der Waals surface area contributed by atoms with Crippen LogP contribution in [-0.4, -0.2) is 59.9 Å². The predicted octanol–water partition coefficient (Wildman–Crippen LogP) is 5.14. The Morgan fingerprint density at radius 1 is 1.22 bits per heavy atom. The van der Waals surface area contributed by atoms with Crippen LogP contribution in [-0.2, 0) is 19.0 Å². The van der Waals surface area contributed by atoms with Gasteiger partial charge in [-0.3, -0.25) is 0 Å². The molecular formula is C30H44O6. The summed E-state index contributed by atoms with van der Waals surface area (Å²) in [7, 11) is 0. The van der Waals surface area contributed by atoms with Crippen molar-refractivity contribution in [2.24, 2.45) is 5.92 Å². The molecule has 0 radical (unpaired) electrons. The third-order valence-electron chi connectivity index (χ3n) is 6.26. The third kappa shape index (κ3) is 12.1. The van der Waals surface area contributed by atoms with Gasteiger partial charge in [0.25, 0.3) is 0 Å². The highest BCUT2D eigenvalue weighted by atomic mass is 16.6. The normalized spacial score (nSPS) is 24.1. The lowest BCUT2D eigenvalue weighted by molar-refractivity contribution is -0.147. The van der Waals surface area contributed by atoms with Gasteiger partial charge < -0.3 is 24.4 Å². The second-order valence-electron chi connectivity index (χ2n) is 9.87. The highest BCUT2D eigenvalue weighted by molar-refractivity contribution is 5.82. The van der Waals surface area contributed by atoms with Gasteiger partial charge in [0.1, 0.15) is 12.2 Å². The number of rotatable bonds is 14. The average molecular weight is 501 g/mol. The van der Waals surface area contributed by atoms with E-state index in [1.165, 1.54) is 11.6 Å². The van der Waals surface area contributed by atoms with Crippen LogP contribution in [0.15, 0.2) is 72.4 Å². The molecule has 0 fully saturated rings. The molecule has 2 heterocycles. The summed E-state index contributed by atoms with van der Waals surface area (Å²) in [6.07, 6.45) is 18.0. The predicted molar refractivity (Wildman–Crippen MR) is 143 cm³/mol. The molecule has 6 unspecified atom stereocenters. The van der Waals surface area contributed by atoms with Crippen LogP contribution in [0.25, 0.3) is 0 Å². The first-order valence-electron chi connectivity index (χ1n) is 13.0. The third-order valence-corrected chi connectivity index (χ3v) is 6.26. The zero-order valence-electron chi connectivity index (χ0n) is 22.1. The molecule has 0 aromatic heterocycles. The van der Waals surface area contributed by atoms with Gasteiger partial charge in [-0.05, 0) is 51.9 Å². The summed E-state index contributed by atoms with van der Waals surface area (Å²) in [6, 6.07) is 0. The summed E-state index contributed by atoms with van der Waals surface area (Å²) in [5.74, 6) is -0.0913. The quantitative estimate of drug-likeness (QED) is 0.195. The average Bonchev–Trinajstić information content (AvgIpc) is 2.82. The van der Waals surface area contributed by atoms with Gasteiger partial charge in [0.15, 0.2) is 0 Å². The van der Waals surface area contributed by atoms with E-state index in [4.69, 9.17) is 14.2 Å². The number of aliphatic hydroxyl groups is 2. The molecule has 200 valence electrons. The molecule has 6 heteroatoms. The molecule has 0 aromatic carbocycles. The van der Waals surface area contributed by atoms with Crippen LogP contribution in [0.3, 0.4) is 0 Å². The topological polar surface area (TPSA) is 85.2 Å². The summed E-state index contributed by atoms with van der Waals surface area (Å²) in [5.41, 5.74) is 2.23. The van der Waals surface area contributed by atoms with Crippen LogP contribution in [0.2, 0.25) is 0 Å². The van der Waals surface area contributed by atoms with Gasteiger partial charge in [-0.2, -0.15) is 0 Å². The van der Waals surface area contributed by atoms with Crippen LogP contribution in [0.5, 0.6) is 0 Å². The van der Waals surface area contributed by atoms with Crippen LogP contribution in [0.4, 0.5) is 0 Å². The molecule has 2 aliphatic heterocycles. The van der Waals surface area contributed by atoms with E-state index in [0.29, 0.717) is 25.6 Å². The minimum Gasteiger partial charge on any atom is -0.456 e. The van der Waals surface area contributed by atoms with E-state index < -0.39 is 24.3 Å². The Morgan fingerprint density at radius 3 is 2.72 bits per heavy atom. The Labute approximate surface area is 216 Å². The summed E-state index contributed by atoms with van der Waals surface area (Å²) < 4.78 is 16.9. The minimum atomic E-state index is -0.997. The van der Waals surface area contributed by atoms with Crippen molar-refractivity contribution in [1.29, 1.82) is 0 Å². The smallest absolute Gasteiger partial charge is 0.330 e. The number of allylic oxidation sites excluding steroid dienone is 1. The van der Waals surface area contributed by atoms with Crippen molar-refractivity contribution in [2.75, 3.05) is 13.2 Å². The monoisotopic (exact) mass is 500 g/mol. The van der Waals surface area contributed by atoms with E-state index in [-0.39, 0.29) is 18.6 Å². The van der Waals surface area contributed by atoms with Gasteiger partial charge in [-0.1, -0.05) is 73.3 Å². The van der Waals surface area contributed by atoms with Gasteiger partial charge in [-0.25, -0.2) is 4.79 Å². The Balaban J connectivity index is 1.84. The number of hydrogen-bond acceptors (Lipinski definition) is 6. The maximum atomic E-state index is 12.0. The molecule has 0 bridgehead atoms. The van der Waals surface area contributed by atoms with Gasteiger partial charge in [0, 0.05) is 12.5 Å². The van der Waals surface area contributed by atoms with E-state index in [1.54, 1.807) is 31.2 Å². The SMILES string of the molecule is C=C(CC(O)/C=C/CC(OC(=O)/C=C/C)C(O)/C=C/C1CC(C)=CCO1)CC(C)CC1CC=CCO1. The van der Waals surface area contributed by atoms with E-state index >= 15 is 0 Å². The van der Waals surface area contributed by atoms with Crippen molar-refractivity contribution in [3.05, 3.63) is 72.4 Å². The van der Waals surface area contributed by atoms with Crippen molar-refractivity contribution in [3.63, 3.8) is 0 Å². The Morgan fingerprint density at radius 2 is 2.03 bits per heavy atom. The van der Waals surface area contributed by atoms with E-state index in [9.17, 15) is 15.0 Å². The molecule has 0 saturated heterocycles. The highest BCUT2D eigenvalue weighted by Crippen LogP contribution is 2.23. The molecule has 2 N–H and O–H groups in total. The second kappa shape index (κ2) is 16.5. The zero-order chi connectivity index (χ0) is 26.3. The molecule has 0 spiro atoms. The Bertz CT molecular complexity index is 836. The fourth-order valence-electron chi connectivity index (χ4n) is 4.42. The van der Waals surface area contributed by atoms with Crippen molar-refractivity contribution in [1.82, 2.24) is 0 Å². The van der Waals surface area contributed by atoms with E-state index in [2.05, 4.69) is 26.5 Å². The first-order chi connectivity index (χ1) is 17.3. The van der Waals surface area contributed by atoms with Crippen LogP contribution < -0.4 is 0 Å². The first kappa shape index (κ1) is 30.0. The summed E-state index contributed by atoms with van der Waals surface area (Å²) in [4.78, 5) is 12.0. The molecule has 6 nitrogen and oxygen atoms in total. The summed E-state index contributed by atoms with van der Waals surface area (Å²) >= 11 is 0. The lowest BCUT2D eigenvalue weighted by Gasteiger charge is -2.23. The van der Waals surface area contributed by atoms with Crippen molar-refractivity contribution in [3.8, 4) is 0 Å². The molecule has 2 rings (SSSR count). The molecule has 0 aromatic rings. The van der Waals surface area contributed by atoms with Gasteiger partial charge in [0.2, 0.25) is 0 Å². The lowest BCUT2D eigenvalue weighted by Crippen LogP contribution is -2.29. The Kier molecular flexibility index (Phi) is 13.7. The summed E-state index contributed by atoms with van der Waals surface area (Å²) in [5, 5.41) is 21.2. The number of aliphatic hydroxyl groups excluding tert-OH is 2. The van der Waals surface area contributed by atoms with Crippen molar-refractivity contribution in [2.45, 2.75) is 89.8 Å². The standard InChI is InChI=1S/C30H44O6/c1-5-9-30(33)36-29(28(32)14-13-27-20-22(2)15-17-35-27)12-8-10-25(31)19-23(3)18-24(4)21-26-11-6-7-16-34-26/h5-10,13-15,24-29,31-32H,3,11-12,16-21H2,1-2,4H3/b9-5+,10-8+,14-13+. The molecule has 2 aliphatic rings. The molecular weight excluding hydrogens is 456 g/mol. The van der Waals surface area contributed by atoms with E-state index in [0.717, 1.165) is 31.3 Å². The maximum absolute atomic E-state index is 12.0. The fraction of sp³-hybridized carbons (Fsp3) is 0.567. The molecule has 0 saturated carbocycles. The van der Waals surface area contributed by atoms with Gasteiger partial charge >= 0.3 is 5.97 Å². The van der Waals surface area contributed by atoms with Crippen LogP contribution in [0, 0.1) is 5.92 Å². The largest absolute Gasteiger partial charge is 0.456 e. The molecule has 0 aliphatic carbocycles. The highest BCUT2D eigenvalue weighted by Gasteiger charge is 2.21. The van der Waals surface area contributed by atoms with Crippen molar-refractivity contribution >= 4 is 5.97 Å². The number of carbonyl (C=O) groups excluding carboxylic acids is 1. The number of carbonyl (C=O) groups is 1. The molecule has 0 amide bonds. The summed E-state index contributed by atoms with van der Waals surface area (Å²) in [6.45, 7) is 11.3. The maximum Gasteiger partial charge on any atom is 0.330 e. The van der Waals surface area contributed by atoms with Crippen LogP contribution in [0.1, 0.15) is 59.3 Å². The fourth-order valence-corrected chi connectivity index (χ4v) is 4.42. The number of hydrogen-bond donors (Lipinski definition) is 2. The van der Waals surface area contributed by atoms with Crippen LogP contribution >= 0.6 is 0 Å². The molecule has 36 heavy (non-hydrogen) atoms. The van der Waals surface area contributed by atoms with Gasteiger partial charge in [0.05, 0.1) is 31.5 Å². The lowest BCUT2D eigenvalue weighted by atomic mass is 9.92. The number of esters is 1. The Hall–Kier alpha value is -2.25. The zero-order valence-corrected chi connectivity index (χ0v) is 22.1. The minimum absolute atomic E-state index is 0.108. The first-order valence-corrected chi connectivity index (χ1v) is 13.0.